The van der Waals surface area contributed by atoms with Crippen molar-refractivity contribution in [1.29, 1.82) is 0 Å². The van der Waals surface area contributed by atoms with Crippen molar-refractivity contribution in [2.75, 3.05) is 5.88 Å². The van der Waals surface area contributed by atoms with Crippen LogP contribution in [0.5, 0.6) is 0 Å². The molecule has 0 heterocycles. The number of nitrogens with two attached hydrogens (primary N) is 1. The van der Waals surface area contributed by atoms with Crippen molar-refractivity contribution in [1.82, 2.24) is 10.9 Å². The molecule has 58 valence electrons. The molecule has 0 rings (SSSR count). The SMILES string of the molecule is C/C(CCl)=N\NC(=S)NN. The van der Waals surface area contributed by atoms with Crippen LogP contribution < -0.4 is 16.7 Å². The number of thiocarbonyl (C=S) groups is 1. The molecular formula is C4H9ClN4S. The quantitative estimate of drug-likeness (QED) is 0.183. The maximum atomic E-state index is 5.41. The lowest BCUT2D eigenvalue weighted by Gasteiger charge is -2.00. The molecular weight excluding hydrogens is 172 g/mol. The van der Waals surface area contributed by atoms with Crippen LogP contribution in [0, 0.1) is 0 Å². The van der Waals surface area contributed by atoms with Crippen LogP contribution >= 0.6 is 23.8 Å². The standard InChI is InChI=1S/C4H9ClN4S/c1-3(2-5)8-9-4(10)7-6/h2,6H2,1H3,(H2,7,9,10)/b8-3+. The highest BCUT2D eigenvalue weighted by Gasteiger charge is 1.88. The lowest BCUT2D eigenvalue weighted by Crippen LogP contribution is -2.37. The van der Waals surface area contributed by atoms with Crippen LogP contribution in [0.1, 0.15) is 6.92 Å². The Bertz CT molecular complexity index is 146. The fourth-order valence-corrected chi connectivity index (χ4v) is 0.314. The third kappa shape index (κ3) is 4.49. The number of nitrogens with one attached hydrogen (secondary N) is 2. The Labute approximate surface area is 69.8 Å². The monoisotopic (exact) mass is 180 g/mol. The molecule has 0 aromatic heterocycles. The van der Waals surface area contributed by atoms with Gasteiger partial charge in [-0.3, -0.25) is 10.9 Å². The summed E-state index contributed by atoms with van der Waals surface area (Å²) in [5.74, 6) is 5.32. The highest BCUT2D eigenvalue weighted by Crippen LogP contribution is 1.79. The third-order valence-corrected chi connectivity index (χ3v) is 1.27. The normalized spacial score (nSPS) is 10.9. The molecule has 0 spiro atoms. The number of hydrogen-bond donors (Lipinski definition) is 3. The molecule has 0 fully saturated rings. The first-order chi connectivity index (χ1) is 4.70. The van der Waals surface area contributed by atoms with Crippen molar-refractivity contribution in [2.24, 2.45) is 10.9 Å². The molecule has 0 aliphatic carbocycles. The third-order valence-electron chi connectivity index (χ3n) is 0.673. The first-order valence-electron chi connectivity index (χ1n) is 2.56. The zero-order valence-electron chi connectivity index (χ0n) is 5.52. The van der Waals surface area contributed by atoms with E-state index in [2.05, 4.69) is 28.2 Å². The van der Waals surface area contributed by atoms with Gasteiger partial charge in [-0.25, -0.2) is 5.84 Å². The van der Waals surface area contributed by atoms with Gasteiger partial charge >= 0.3 is 0 Å². The van der Waals surface area contributed by atoms with E-state index >= 15 is 0 Å². The highest BCUT2D eigenvalue weighted by molar-refractivity contribution is 7.80. The van der Waals surface area contributed by atoms with Gasteiger partial charge in [0.15, 0.2) is 0 Å². The molecule has 0 aromatic carbocycles. The smallest absolute Gasteiger partial charge is 0.201 e. The van der Waals surface area contributed by atoms with Crippen molar-refractivity contribution >= 4 is 34.6 Å². The summed E-state index contributed by atoms with van der Waals surface area (Å²) in [7, 11) is 0. The zero-order valence-corrected chi connectivity index (χ0v) is 7.09. The summed E-state index contributed by atoms with van der Waals surface area (Å²) < 4.78 is 0. The van der Waals surface area contributed by atoms with Crippen molar-refractivity contribution in [3.8, 4) is 0 Å². The molecule has 0 radical (unpaired) electrons. The largest absolute Gasteiger partial charge is 0.300 e. The number of hydrazine groups is 1. The zero-order chi connectivity index (χ0) is 7.98. The van der Waals surface area contributed by atoms with Gasteiger partial charge in [-0.2, -0.15) is 5.10 Å². The number of halogens is 1. The van der Waals surface area contributed by atoms with Gasteiger partial charge in [-0.05, 0) is 19.1 Å². The fraction of sp³-hybridized carbons (Fsp3) is 0.500. The van der Waals surface area contributed by atoms with Gasteiger partial charge in [-0.1, -0.05) is 0 Å². The van der Waals surface area contributed by atoms with Crippen molar-refractivity contribution in [3.63, 3.8) is 0 Å². The molecule has 10 heavy (non-hydrogen) atoms. The molecule has 0 bridgehead atoms. The first kappa shape index (κ1) is 9.61. The first-order valence-corrected chi connectivity index (χ1v) is 3.50. The summed E-state index contributed by atoms with van der Waals surface area (Å²) in [6.45, 7) is 1.78. The Hall–Kier alpha value is -0.390. The fourth-order valence-electron chi connectivity index (χ4n) is 0.208. The Kier molecular flexibility index (Phi) is 5.19. The summed E-state index contributed by atoms with van der Waals surface area (Å²) >= 11 is 10.0. The Morgan fingerprint density at radius 1 is 1.80 bits per heavy atom. The maximum absolute atomic E-state index is 5.41. The van der Waals surface area contributed by atoms with Crippen LogP contribution in [0.25, 0.3) is 0 Å². The van der Waals surface area contributed by atoms with Crippen LogP contribution in [0.4, 0.5) is 0 Å². The predicted octanol–water partition coefficient (Wildman–Crippen LogP) is -0.0611. The Morgan fingerprint density at radius 2 is 2.40 bits per heavy atom. The number of hydrogen-bond acceptors (Lipinski definition) is 3. The predicted molar refractivity (Wildman–Crippen MR) is 46.9 cm³/mol. The van der Waals surface area contributed by atoms with E-state index in [9.17, 15) is 0 Å². The topological polar surface area (TPSA) is 62.4 Å². The lowest BCUT2D eigenvalue weighted by atomic mass is 10.5. The number of nitrogens with zero attached hydrogens (tertiary/aromatic N) is 1. The van der Waals surface area contributed by atoms with E-state index < -0.39 is 0 Å². The van der Waals surface area contributed by atoms with Gasteiger partial charge in [0.1, 0.15) is 0 Å². The highest BCUT2D eigenvalue weighted by atomic mass is 35.5. The molecule has 0 amide bonds. The molecule has 0 saturated carbocycles. The molecule has 0 saturated heterocycles. The second-order valence-electron chi connectivity index (χ2n) is 1.57. The van der Waals surface area contributed by atoms with Crippen LogP contribution in [0.3, 0.4) is 0 Å². The van der Waals surface area contributed by atoms with E-state index in [0.717, 1.165) is 5.71 Å². The molecule has 4 N–H and O–H groups in total. The number of rotatable bonds is 2. The van der Waals surface area contributed by atoms with E-state index in [4.69, 9.17) is 17.4 Å². The minimum atomic E-state index is 0.268. The van der Waals surface area contributed by atoms with Gasteiger partial charge in [0.2, 0.25) is 5.11 Å². The van der Waals surface area contributed by atoms with Crippen molar-refractivity contribution in [3.05, 3.63) is 0 Å². The second-order valence-corrected chi connectivity index (χ2v) is 2.24. The summed E-state index contributed by atoms with van der Waals surface area (Å²) in [6, 6.07) is 0. The number of alkyl halides is 1. The number of hydrazone groups is 1. The van der Waals surface area contributed by atoms with E-state index in [1.165, 1.54) is 0 Å². The summed E-state index contributed by atoms with van der Waals surface area (Å²) in [5, 5.41) is 4.03. The van der Waals surface area contributed by atoms with Gasteiger partial charge in [0.25, 0.3) is 0 Å². The molecule has 6 heteroatoms. The van der Waals surface area contributed by atoms with Crippen LogP contribution in [0.2, 0.25) is 0 Å². The van der Waals surface area contributed by atoms with Crippen LogP contribution in [-0.4, -0.2) is 16.7 Å². The van der Waals surface area contributed by atoms with E-state index in [1.807, 2.05) is 0 Å². The minimum Gasteiger partial charge on any atom is -0.300 e. The molecule has 0 unspecified atom stereocenters. The van der Waals surface area contributed by atoms with E-state index in [-0.39, 0.29) is 5.11 Å². The Balaban J connectivity index is 3.61. The Morgan fingerprint density at radius 3 is 2.80 bits per heavy atom. The van der Waals surface area contributed by atoms with Gasteiger partial charge < -0.3 is 0 Å². The van der Waals surface area contributed by atoms with E-state index in [0.29, 0.717) is 5.88 Å². The molecule has 4 nitrogen and oxygen atoms in total. The van der Waals surface area contributed by atoms with Crippen LogP contribution in [0.15, 0.2) is 5.10 Å². The average molecular weight is 181 g/mol. The summed E-state index contributed by atoms with van der Waals surface area (Å²) in [5.41, 5.74) is 5.45. The second kappa shape index (κ2) is 5.40. The maximum Gasteiger partial charge on any atom is 0.201 e. The van der Waals surface area contributed by atoms with Crippen molar-refractivity contribution < 1.29 is 0 Å². The van der Waals surface area contributed by atoms with Crippen LogP contribution in [-0.2, 0) is 0 Å². The molecule has 0 aliphatic rings. The van der Waals surface area contributed by atoms with Gasteiger partial charge in [0.05, 0.1) is 5.88 Å². The van der Waals surface area contributed by atoms with E-state index in [1.54, 1.807) is 6.92 Å². The molecule has 0 aromatic rings. The average Bonchev–Trinajstić information content (AvgIpc) is 1.99. The van der Waals surface area contributed by atoms with Crippen molar-refractivity contribution in [2.45, 2.75) is 6.92 Å². The van der Waals surface area contributed by atoms with Gasteiger partial charge in [-0.15, -0.1) is 11.6 Å². The molecule has 0 aliphatic heterocycles. The minimum absolute atomic E-state index is 0.268. The lowest BCUT2D eigenvalue weighted by molar-refractivity contribution is 0.924. The summed E-state index contributed by atoms with van der Waals surface area (Å²) in [6.07, 6.45) is 0. The summed E-state index contributed by atoms with van der Waals surface area (Å²) in [4.78, 5) is 0. The van der Waals surface area contributed by atoms with Gasteiger partial charge in [0, 0.05) is 5.71 Å². The molecule has 0 atom stereocenters.